The zero-order chi connectivity index (χ0) is 18.2. The topological polar surface area (TPSA) is 76.1 Å². The van der Waals surface area contributed by atoms with Crippen LogP contribution >= 0.6 is 0 Å². The molecule has 0 bridgehead atoms. The molecule has 2 rings (SSSR count). The van der Waals surface area contributed by atoms with E-state index < -0.39 is 0 Å². The van der Waals surface area contributed by atoms with Crippen LogP contribution in [0.4, 0.5) is 11.6 Å². The molecule has 0 radical (unpaired) electrons. The molecule has 0 saturated heterocycles. The van der Waals surface area contributed by atoms with Gasteiger partial charge < -0.3 is 15.4 Å². The van der Waals surface area contributed by atoms with Crippen LogP contribution in [0.3, 0.4) is 0 Å². The normalized spacial score (nSPS) is 10.8. The van der Waals surface area contributed by atoms with Crippen LogP contribution in [-0.4, -0.2) is 36.1 Å². The number of rotatable bonds is 8. The summed E-state index contributed by atoms with van der Waals surface area (Å²) in [7, 11) is 1.67. The molecule has 0 atom stereocenters. The van der Waals surface area contributed by atoms with E-state index in [0.717, 1.165) is 23.4 Å². The van der Waals surface area contributed by atoms with Gasteiger partial charge in [0, 0.05) is 31.6 Å². The molecule has 0 aliphatic rings. The van der Waals surface area contributed by atoms with E-state index in [4.69, 9.17) is 4.74 Å². The molecule has 2 N–H and O–H groups in total. The fraction of sp³-hybridized carbons (Fsp3) is 0.421. The molecule has 6 nitrogen and oxygen atoms in total. The smallest absolute Gasteiger partial charge is 0.274 e. The third kappa shape index (κ3) is 5.53. The van der Waals surface area contributed by atoms with Gasteiger partial charge >= 0.3 is 0 Å². The Bertz CT molecular complexity index is 716. The van der Waals surface area contributed by atoms with E-state index in [1.807, 2.05) is 31.2 Å². The summed E-state index contributed by atoms with van der Waals surface area (Å²) in [5.41, 5.74) is 3.00. The van der Waals surface area contributed by atoms with E-state index in [1.165, 1.54) is 0 Å². The monoisotopic (exact) mass is 342 g/mol. The lowest BCUT2D eigenvalue weighted by atomic mass is 10.0. The molecule has 1 heterocycles. The molecule has 1 aromatic carbocycles. The third-order valence-corrected chi connectivity index (χ3v) is 3.73. The average molecular weight is 342 g/mol. The maximum absolute atomic E-state index is 12.6. The summed E-state index contributed by atoms with van der Waals surface area (Å²) < 4.78 is 5.02. The largest absolute Gasteiger partial charge is 0.385 e. The first-order valence-electron chi connectivity index (χ1n) is 8.50. The van der Waals surface area contributed by atoms with Crippen molar-refractivity contribution in [1.29, 1.82) is 0 Å². The summed E-state index contributed by atoms with van der Waals surface area (Å²) in [5.74, 6) is 0.540. The second-order valence-corrected chi connectivity index (χ2v) is 6.19. The van der Waals surface area contributed by atoms with E-state index in [1.54, 1.807) is 13.2 Å². The molecule has 2 aromatic rings. The van der Waals surface area contributed by atoms with Crippen molar-refractivity contribution in [3.05, 3.63) is 47.3 Å². The van der Waals surface area contributed by atoms with Crippen LogP contribution in [0.2, 0.25) is 0 Å². The summed E-state index contributed by atoms with van der Waals surface area (Å²) in [5, 5.41) is 6.09. The minimum atomic E-state index is -0.237. The van der Waals surface area contributed by atoms with Crippen LogP contribution in [-0.2, 0) is 4.74 Å². The predicted molar refractivity (Wildman–Crippen MR) is 100 cm³/mol. The number of nitrogens with zero attached hydrogens (tertiary/aromatic N) is 2. The lowest BCUT2D eigenvalue weighted by molar-refractivity contribution is 0.102. The molecule has 0 unspecified atom stereocenters. The SMILES string of the molecule is COCCCNc1nc(C)cc(C(=O)Nc2ccccc2C(C)C)n1. The number of nitrogens with one attached hydrogen (secondary N) is 2. The molecule has 0 aliphatic carbocycles. The van der Waals surface area contributed by atoms with Crippen molar-refractivity contribution in [2.45, 2.75) is 33.1 Å². The Hall–Kier alpha value is -2.47. The Morgan fingerprint density at radius 2 is 2.00 bits per heavy atom. The van der Waals surface area contributed by atoms with Crippen molar-refractivity contribution in [2.75, 3.05) is 30.9 Å². The Labute approximate surface area is 149 Å². The highest BCUT2D eigenvalue weighted by atomic mass is 16.5. The first kappa shape index (κ1) is 18.9. The minimum absolute atomic E-state index is 0.237. The summed E-state index contributed by atoms with van der Waals surface area (Å²) in [6, 6.07) is 9.50. The molecule has 0 aliphatic heterocycles. The highest BCUT2D eigenvalue weighted by molar-refractivity contribution is 6.03. The van der Waals surface area contributed by atoms with Crippen LogP contribution in [0.1, 0.15) is 47.9 Å². The molecule has 1 amide bonds. The number of carbonyl (C=O) groups is 1. The lowest BCUT2D eigenvalue weighted by Gasteiger charge is -2.14. The standard InChI is InChI=1S/C19H26N4O2/c1-13(2)15-8-5-6-9-16(15)22-18(24)17-12-14(3)21-19(23-17)20-10-7-11-25-4/h5-6,8-9,12-13H,7,10-11H2,1-4H3,(H,22,24)(H,20,21,23). The number of para-hydroxylation sites is 1. The molecular formula is C19H26N4O2. The van der Waals surface area contributed by atoms with Gasteiger partial charge in [0.25, 0.3) is 5.91 Å². The van der Waals surface area contributed by atoms with Crippen molar-refractivity contribution in [1.82, 2.24) is 9.97 Å². The number of hydrogen-bond acceptors (Lipinski definition) is 5. The fourth-order valence-electron chi connectivity index (χ4n) is 2.48. The summed E-state index contributed by atoms with van der Waals surface area (Å²) in [4.78, 5) is 21.3. The maximum atomic E-state index is 12.6. The quantitative estimate of drug-likeness (QED) is 0.717. The maximum Gasteiger partial charge on any atom is 0.274 e. The van der Waals surface area contributed by atoms with Gasteiger partial charge in [0.05, 0.1) is 0 Å². The number of ether oxygens (including phenoxy) is 1. The van der Waals surface area contributed by atoms with Crippen molar-refractivity contribution in [3.8, 4) is 0 Å². The highest BCUT2D eigenvalue weighted by Crippen LogP contribution is 2.24. The van der Waals surface area contributed by atoms with Crippen molar-refractivity contribution in [2.24, 2.45) is 0 Å². The van der Waals surface area contributed by atoms with E-state index in [2.05, 4.69) is 34.4 Å². The summed E-state index contributed by atoms with van der Waals surface area (Å²) >= 11 is 0. The van der Waals surface area contributed by atoms with Gasteiger partial charge in [0.2, 0.25) is 5.95 Å². The Kier molecular flexibility index (Phi) is 6.89. The lowest BCUT2D eigenvalue weighted by Crippen LogP contribution is -2.17. The molecule has 134 valence electrons. The number of anilines is 2. The van der Waals surface area contributed by atoms with Gasteiger partial charge in [-0.1, -0.05) is 32.0 Å². The predicted octanol–water partition coefficient (Wildman–Crippen LogP) is 3.61. The molecule has 1 aromatic heterocycles. The van der Waals surface area contributed by atoms with Crippen molar-refractivity contribution < 1.29 is 9.53 Å². The van der Waals surface area contributed by atoms with E-state index in [-0.39, 0.29) is 5.91 Å². The van der Waals surface area contributed by atoms with Crippen LogP contribution in [0.25, 0.3) is 0 Å². The fourth-order valence-corrected chi connectivity index (χ4v) is 2.48. The zero-order valence-corrected chi connectivity index (χ0v) is 15.3. The number of aryl methyl sites for hydroxylation is 1. The van der Waals surface area contributed by atoms with E-state index in [0.29, 0.717) is 30.7 Å². The number of amides is 1. The van der Waals surface area contributed by atoms with Gasteiger partial charge in [0.1, 0.15) is 5.69 Å². The minimum Gasteiger partial charge on any atom is -0.385 e. The van der Waals surface area contributed by atoms with Gasteiger partial charge in [-0.3, -0.25) is 4.79 Å². The van der Waals surface area contributed by atoms with Gasteiger partial charge in [-0.2, -0.15) is 0 Å². The highest BCUT2D eigenvalue weighted by Gasteiger charge is 2.13. The van der Waals surface area contributed by atoms with Gasteiger partial charge in [-0.15, -0.1) is 0 Å². The molecular weight excluding hydrogens is 316 g/mol. The van der Waals surface area contributed by atoms with Crippen LogP contribution in [0.5, 0.6) is 0 Å². The van der Waals surface area contributed by atoms with Crippen molar-refractivity contribution >= 4 is 17.5 Å². The van der Waals surface area contributed by atoms with Gasteiger partial charge in [-0.05, 0) is 37.0 Å². The Balaban J connectivity index is 2.12. The van der Waals surface area contributed by atoms with E-state index >= 15 is 0 Å². The molecule has 0 fully saturated rings. The second kappa shape index (κ2) is 9.13. The third-order valence-electron chi connectivity index (χ3n) is 3.73. The number of benzene rings is 1. The van der Waals surface area contributed by atoms with Crippen LogP contribution in [0, 0.1) is 6.92 Å². The van der Waals surface area contributed by atoms with Gasteiger partial charge in [0.15, 0.2) is 0 Å². The first-order valence-corrected chi connectivity index (χ1v) is 8.50. The average Bonchev–Trinajstić information content (AvgIpc) is 2.58. The number of methoxy groups -OCH3 is 1. The number of carbonyl (C=O) groups excluding carboxylic acids is 1. The number of hydrogen-bond donors (Lipinski definition) is 2. The van der Waals surface area contributed by atoms with Crippen LogP contribution in [0.15, 0.2) is 30.3 Å². The molecule has 0 spiro atoms. The van der Waals surface area contributed by atoms with Gasteiger partial charge in [-0.25, -0.2) is 9.97 Å². The second-order valence-electron chi connectivity index (χ2n) is 6.19. The van der Waals surface area contributed by atoms with Crippen molar-refractivity contribution in [3.63, 3.8) is 0 Å². The Morgan fingerprint density at radius 1 is 1.24 bits per heavy atom. The zero-order valence-electron chi connectivity index (χ0n) is 15.3. The molecule has 25 heavy (non-hydrogen) atoms. The van der Waals surface area contributed by atoms with Crippen LogP contribution < -0.4 is 10.6 Å². The molecule has 0 saturated carbocycles. The first-order chi connectivity index (χ1) is 12.0. The summed E-state index contributed by atoms with van der Waals surface area (Å²) in [6.07, 6.45) is 0.844. The number of aromatic nitrogens is 2. The van der Waals surface area contributed by atoms with E-state index in [9.17, 15) is 4.79 Å². The Morgan fingerprint density at radius 3 is 2.72 bits per heavy atom. The summed E-state index contributed by atoms with van der Waals surface area (Å²) in [6.45, 7) is 7.40. The molecule has 6 heteroatoms.